The quantitative estimate of drug-likeness (QED) is 0.316. The van der Waals surface area contributed by atoms with Crippen molar-refractivity contribution in [1.29, 1.82) is 0 Å². The van der Waals surface area contributed by atoms with Gasteiger partial charge in [-0.1, -0.05) is 30.3 Å². The summed E-state index contributed by atoms with van der Waals surface area (Å²) in [6.07, 6.45) is -12.0. The number of rotatable bonds is 5. The Balaban J connectivity index is 1.57. The molecule has 1 fully saturated rings. The van der Waals surface area contributed by atoms with Gasteiger partial charge in [0.1, 0.15) is 17.7 Å². The number of likely N-dealkylation sites (tertiary alicyclic amines) is 1. The Morgan fingerprint density at radius 2 is 1.51 bits per heavy atom. The zero-order chi connectivity index (χ0) is 29.9. The predicted molar refractivity (Wildman–Crippen MR) is 131 cm³/mol. The highest BCUT2D eigenvalue weighted by molar-refractivity contribution is 5.95. The Hall–Kier alpha value is -4.16. The number of alkyl halides is 6. The van der Waals surface area contributed by atoms with E-state index in [2.05, 4.69) is 5.32 Å². The highest BCUT2D eigenvalue weighted by Crippen LogP contribution is 2.37. The average molecular weight is 586 g/mol. The molecule has 1 aliphatic heterocycles. The number of hydrogen-bond acceptors (Lipinski definition) is 3. The fraction of sp³-hybridized carbons (Fsp3) is 0.286. The number of piperidine rings is 1. The number of hydrogen-bond donors (Lipinski definition) is 1. The molecule has 0 unspecified atom stereocenters. The van der Waals surface area contributed by atoms with Crippen LogP contribution < -0.4 is 5.32 Å². The van der Waals surface area contributed by atoms with E-state index in [-0.39, 0.29) is 37.6 Å². The molecule has 1 N–H and O–H groups in total. The van der Waals surface area contributed by atoms with Crippen LogP contribution in [-0.2, 0) is 23.5 Å². The molecule has 0 radical (unpaired) electrons. The van der Waals surface area contributed by atoms with Crippen molar-refractivity contribution in [3.05, 3.63) is 101 Å². The zero-order valence-electron chi connectivity index (χ0n) is 21.0. The normalized spacial score (nSPS) is 17.7. The fourth-order valence-electron chi connectivity index (χ4n) is 4.59. The van der Waals surface area contributed by atoms with Gasteiger partial charge in [-0.05, 0) is 42.3 Å². The summed E-state index contributed by atoms with van der Waals surface area (Å²) in [5, 5.41) is 2.15. The molecule has 218 valence electrons. The van der Waals surface area contributed by atoms with Gasteiger partial charge in [-0.2, -0.15) is 26.3 Å². The van der Waals surface area contributed by atoms with Gasteiger partial charge >= 0.3 is 18.4 Å². The van der Waals surface area contributed by atoms with Gasteiger partial charge in [-0.15, -0.1) is 0 Å². The van der Waals surface area contributed by atoms with Crippen LogP contribution in [0.15, 0.2) is 66.7 Å². The van der Waals surface area contributed by atoms with Crippen LogP contribution in [-0.4, -0.2) is 35.6 Å². The van der Waals surface area contributed by atoms with E-state index >= 15 is 0 Å². The number of carbonyl (C=O) groups excluding carboxylic acids is 2. The van der Waals surface area contributed by atoms with E-state index in [4.69, 9.17) is 4.74 Å². The lowest BCUT2D eigenvalue weighted by molar-refractivity contribution is -0.143. The highest BCUT2D eigenvalue weighted by Gasteiger charge is 2.39. The number of amides is 2. The topological polar surface area (TPSA) is 58.6 Å². The first-order valence-corrected chi connectivity index (χ1v) is 12.3. The van der Waals surface area contributed by atoms with Crippen molar-refractivity contribution in [3.63, 3.8) is 0 Å². The van der Waals surface area contributed by atoms with Crippen LogP contribution >= 0.6 is 0 Å². The second kappa shape index (κ2) is 11.8. The summed E-state index contributed by atoms with van der Waals surface area (Å²) < 4.78 is 113. The van der Waals surface area contributed by atoms with E-state index in [1.807, 2.05) is 0 Å². The van der Waals surface area contributed by atoms with E-state index in [0.717, 1.165) is 12.1 Å². The van der Waals surface area contributed by atoms with Gasteiger partial charge in [-0.25, -0.2) is 13.6 Å². The van der Waals surface area contributed by atoms with Crippen molar-refractivity contribution >= 4 is 17.7 Å². The number of benzene rings is 3. The molecule has 4 rings (SSSR count). The molecule has 3 aromatic carbocycles. The Bertz CT molecular complexity index is 1380. The molecule has 5 nitrogen and oxygen atoms in total. The van der Waals surface area contributed by atoms with Gasteiger partial charge in [0.2, 0.25) is 0 Å². The van der Waals surface area contributed by atoms with E-state index in [9.17, 15) is 44.7 Å². The summed E-state index contributed by atoms with van der Waals surface area (Å²) >= 11 is 0. The lowest BCUT2D eigenvalue weighted by Gasteiger charge is -2.39. The maximum absolute atomic E-state index is 13.9. The number of carbonyl (C=O) groups is 2. The summed E-state index contributed by atoms with van der Waals surface area (Å²) in [5.74, 6) is -2.94. The predicted octanol–water partition coefficient (Wildman–Crippen LogP) is 7.47. The van der Waals surface area contributed by atoms with Crippen LogP contribution in [0, 0.1) is 11.6 Å². The van der Waals surface area contributed by atoms with Gasteiger partial charge < -0.3 is 9.64 Å². The molecule has 2 amide bonds. The minimum atomic E-state index is -5.13. The fourth-order valence-corrected chi connectivity index (χ4v) is 4.59. The number of ether oxygens (including phenoxy) is 1. The molecule has 2 atom stereocenters. The average Bonchev–Trinajstić information content (AvgIpc) is 2.89. The van der Waals surface area contributed by atoms with Crippen molar-refractivity contribution in [1.82, 2.24) is 4.90 Å². The Morgan fingerprint density at radius 1 is 0.878 bits per heavy atom. The van der Waals surface area contributed by atoms with E-state index in [1.54, 1.807) is 30.3 Å². The minimum Gasteiger partial charge on any atom is -0.446 e. The van der Waals surface area contributed by atoms with Gasteiger partial charge in [-0.3, -0.25) is 10.1 Å². The molecule has 41 heavy (non-hydrogen) atoms. The number of nitrogens with one attached hydrogen (secondary N) is 1. The standard InChI is InChI=1S/C28H22F8N2O3/c29-20-6-7-24(23(30)14-20)37-26(40)41-22-8-9-38(21(15-22)10-16-4-2-1-3-5-16)25(39)17-11-18(27(31,32)33)13-19(12-17)28(34,35)36/h1-7,11-14,21-22H,8-10,15H2,(H,37,40)/t21-,22+/m1/s1. The maximum Gasteiger partial charge on any atom is 0.416 e. The molecular weight excluding hydrogens is 564 g/mol. The Kier molecular flexibility index (Phi) is 8.55. The summed E-state index contributed by atoms with van der Waals surface area (Å²) in [4.78, 5) is 27.0. The van der Waals surface area contributed by atoms with Crippen molar-refractivity contribution in [2.45, 2.75) is 43.8 Å². The molecule has 0 aromatic heterocycles. The third-order valence-corrected chi connectivity index (χ3v) is 6.52. The number of anilines is 1. The van der Waals surface area contributed by atoms with Crippen LogP contribution in [0.5, 0.6) is 0 Å². The second-order valence-electron chi connectivity index (χ2n) is 9.44. The van der Waals surface area contributed by atoms with Crippen molar-refractivity contribution < 1.29 is 49.4 Å². The molecular formula is C28H22F8N2O3. The molecule has 1 aliphatic rings. The van der Waals surface area contributed by atoms with E-state index in [0.29, 0.717) is 23.8 Å². The summed E-state index contributed by atoms with van der Waals surface area (Å²) in [6.45, 7) is -0.156. The van der Waals surface area contributed by atoms with Gasteiger partial charge in [0.15, 0.2) is 0 Å². The molecule has 0 aliphatic carbocycles. The van der Waals surface area contributed by atoms with Crippen molar-refractivity contribution in [2.75, 3.05) is 11.9 Å². The first-order valence-electron chi connectivity index (χ1n) is 12.3. The van der Waals surface area contributed by atoms with Crippen LogP contribution in [0.3, 0.4) is 0 Å². The SMILES string of the molecule is O=C(Nc1ccc(F)cc1F)O[C@H]1CCN(C(=O)c2cc(C(F)(F)F)cc(C(F)(F)F)c2)[C@H](Cc2ccccc2)C1. The van der Waals surface area contributed by atoms with Crippen LogP contribution in [0.25, 0.3) is 0 Å². The first kappa shape index (κ1) is 29.8. The lowest BCUT2D eigenvalue weighted by atomic mass is 9.92. The van der Waals surface area contributed by atoms with E-state index in [1.165, 1.54) is 4.90 Å². The summed E-state index contributed by atoms with van der Waals surface area (Å²) in [6, 6.07) is 11.0. The molecule has 1 heterocycles. The zero-order valence-corrected chi connectivity index (χ0v) is 21.0. The van der Waals surface area contributed by atoms with Crippen LogP contribution in [0.2, 0.25) is 0 Å². The van der Waals surface area contributed by atoms with E-state index < -0.39 is 64.8 Å². The Morgan fingerprint density at radius 3 is 2.10 bits per heavy atom. The first-order chi connectivity index (χ1) is 19.2. The molecule has 0 spiro atoms. The van der Waals surface area contributed by atoms with Gasteiger partial charge in [0.05, 0.1) is 16.8 Å². The molecule has 13 heteroatoms. The highest BCUT2D eigenvalue weighted by atomic mass is 19.4. The third kappa shape index (κ3) is 7.53. The smallest absolute Gasteiger partial charge is 0.416 e. The lowest BCUT2D eigenvalue weighted by Crippen LogP contribution is -2.49. The maximum atomic E-state index is 13.9. The van der Waals surface area contributed by atoms with Crippen LogP contribution in [0.4, 0.5) is 45.6 Å². The van der Waals surface area contributed by atoms with Gasteiger partial charge in [0.25, 0.3) is 5.91 Å². The summed E-state index contributed by atoms with van der Waals surface area (Å²) in [5.41, 5.74) is -3.63. The van der Waals surface area contributed by atoms with Crippen LogP contribution in [0.1, 0.15) is 39.9 Å². The monoisotopic (exact) mass is 586 g/mol. The minimum absolute atomic E-state index is 0.00143. The molecule has 0 bridgehead atoms. The molecule has 0 saturated carbocycles. The van der Waals surface area contributed by atoms with Crippen molar-refractivity contribution in [2.24, 2.45) is 0 Å². The second-order valence-corrected chi connectivity index (χ2v) is 9.44. The largest absolute Gasteiger partial charge is 0.446 e. The van der Waals surface area contributed by atoms with Gasteiger partial charge in [0, 0.05) is 37.1 Å². The summed E-state index contributed by atoms with van der Waals surface area (Å²) in [7, 11) is 0. The molecule has 3 aromatic rings. The van der Waals surface area contributed by atoms with Crippen molar-refractivity contribution in [3.8, 4) is 0 Å². The molecule has 1 saturated heterocycles. The number of nitrogens with zero attached hydrogens (tertiary/aromatic N) is 1. The third-order valence-electron chi connectivity index (χ3n) is 6.52. The number of halogens is 8. The Labute approximate surface area is 228 Å².